The fourth-order valence-electron chi connectivity index (χ4n) is 3.44. The zero-order valence-corrected chi connectivity index (χ0v) is 20.3. The summed E-state index contributed by atoms with van der Waals surface area (Å²) in [5, 5.41) is 12.7. The summed E-state index contributed by atoms with van der Waals surface area (Å²) >= 11 is 1.56. The number of carboxylic acid groups (broad SMARTS) is 1. The molecule has 9 heteroatoms. The van der Waals surface area contributed by atoms with Crippen molar-refractivity contribution < 1.29 is 24.2 Å². The summed E-state index contributed by atoms with van der Waals surface area (Å²) < 4.78 is 11.2. The number of nitrogens with two attached hydrogens (primary N) is 1. The highest BCUT2D eigenvalue weighted by Crippen LogP contribution is 2.38. The van der Waals surface area contributed by atoms with E-state index in [4.69, 9.17) is 20.3 Å². The van der Waals surface area contributed by atoms with Gasteiger partial charge in [-0.3, -0.25) is 14.6 Å². The number of anilines is 1. The predicted octanol–water partition coefficient (Wildman–Crippen LogP) is 4.83. The van der Waals surface area contributed by atoms with Crippen LogP contribution in [0.5, 0.6) is 11.5 Å². The minimum atomic E-state index is -1.07. The van der Waals surface area contributed by atoms with Crippen LogP contribution in [0, 0.1) is 0 Å². The summed E-state index contributed by atoms with van der Waals surface area (Å²) in [4.78, 5) is 29.7. The molecule has 184 valence electrons. The Morgan fingerprint density at radius 2 is 1.81 bits per heavy atom. The van der Waals surface area contributed by atoms with E-state index in [1.165, 1.54) is 0 Å². The lowest BCUT2D eigenvalue weighted by Crippen LogP contribution is -2.31. The first kappa shape index (κ1) is 25.0. The molecule has 1 heterocycles. The van der Waals surface area contributed by atoms with Gasteiger partial charge < -0.3 is 25.6 Å². The fraction of sp³-hybridized carbons (Fsp3) is 0.148. The van der Waals surface area contributed by atoms with Gasteiger partial charge in [0.25, 0.3) is 5.91 Å². The Balaban J connectivity index is 1.48. The van der Waals surface area contributed by atoms with Gasteiger partial charge in [0, 0.05) is 45.1 Å². The molecule has 4 rings (SSSR count). The second-order valence-corrected chi connectivity index (χ2v) is 8.97. The third-order valence-corrected chi connectivity index (χ3v) is 6.45. The Labute approximate surface area is 212 Å². The number of rotatable bonds is 10. The lowest BCUT2D eigenvalue weighted by molar-refractivity contribution is -0.138. The molecule has 0 unspecified atom stereocenters. The molecule has 1 atom stereocenters. The molecule has 0 aliphatic heterocycles. The van der Waals surface area contributed by atoms with Crippen molar-refractivity contribution in [2.75, 3.05) is 19.0 Å². The molecule has 0 spiro atoms. The van der Waals surface area contributed by atoms with Crippen LogP contribution >= 0.6 is 11.8 Å². The van der Waals surface area contributed by atoms with Crippen LogP contribution < -0.4 is 20.5 Å². The van der Waals surface area contributed by atoms with Gasteiger partial charge in [-0.15, -0.1) is 0 Å². The van der Waals surface area contributed by atoms with E-state index in [0.29, 0.717) is 28.3 Å². The lowest BCUT2D eigenvalue weighted by Gasteiger charge is -2.14. The standard InChI is InChI=1S/C27H25N3O5S/c1-34-23-15-20-22(16-24(23)35-14-12-21(28)27(32)33)29-13-11-25(20)36-19-9-7-18(8-10-19)30-26(31)17-5-3-2-4-6-17/h2-11,13,15-16,21H,12,14,28H2,1H3,(H,30,31)(H,32,33)/t21-/m0/s1. The van der Waals surface area contributed by atoms with Gasteiger partial charge in [-0.2, -0.15) is 0 Å². The van der Waals surface area contributed by atoms with E-state index >= 15 is 0 Å². The molecular formula is C27H25N3O5S. The monoisotopic (exact) mass is 503 g/mol. The van der Waals surface area contributed by atoms with Crippen LogP contribution in [0.15, 0.2) is 88.8 Å². The molecule has 8 nitrogen and oxygen atoms in total. The van der Waals surface area contributed by atoms with Crippen molar-refractivity contribution >= 4 is 40.2 Å². The number of nitrogens with zero attached hydrogens (tertiary/aromatic N) is 1. The number of hydrogen-bond acceptors (Lipinski definition) is 7. The van der Waals surface area contributed by atoms with Crippen molar-refractivity contribution in [3.05, 3.63) is 84.6 Å². The van der Waals surface area contributed by atoms with E-state index in [9.17, 15) is 9.59 Å². The number of pyridine rings is 1. The maximum absolute atomic E-state index is 12.4. The minimum absolute atomic E-state index is 0.136. The zero-order valence-electron chi connectivity index (χ0n) is 19.5. The number of fused-ring (bicyclic) bond motifs is 1. The van der Waals surface area contributed by atoms with E-state index < -0.39 is 12.0 Å². The highest BCUT2D eigenvalue weighted by atomic mass is 32.2. The zero-order chi connectivity index (χ0) is 25.5. The van der Waals surface area contributed by atoms with Crippen LogP contribution in [0.1, 0.15) is 16.8 Å². The summed E-state index contributed by atoms with van der Waals surface area (Å²) in [6.45, 7) is 0.136. The van der Waals surface area contributed by atoms with Gasteiger partial charge in [-0.25, -0.2) is 0 Å². The summed E-state index contributed by atoms with van der Waals surface area (Å²) in [6, 6.07) is 21.2. The number of carbonyl (C=O) groups excluding carboxylic acids is 1. The number of nitrogens with one attached hydrogen (secondary N) is 1. The summed E-state index contributed by atoms with van der Waals surface area (Å²) in [5.41, 5.74) is 7.57. The van der Waals surface area contributed by atoms with Crippen molar-refractivity contribution in [3.8, 4) is 11.5 Å². The number of benzene rings is 3. The van der Waals surface area contributed by atoms with Gasteiger partial charge in [0.15, 0.2) is 11.5 Å². The smallest absolute Gasteiger partial charge is 0.320 e. The molecule has 4 aromatic rings. The predicted molar refractivity (Wildman–Crippen MR) is 139 cm³/mol. The summed E-state index contributed by atoms with van der Waals surface area (Å²) in [7, 11) is 1.54. The first-order valence-corrected chi connectivity index (χ1v) is 12.0. The highest BCUT2D eigenvalue weighted by Gasteiger charge is 2.15. The van der Waals surface area contributed by atoms with Gasteiger partial charge in [0.2, 0.25) is 0 Å². The Kier molecular flexibility index (Phi) is 8.04. The first-order valence-electron chi connectivity index (χ1n) is 11.2. The average molecular weight is 504 g/mol. The molecule has 0 saturated heterocycles. The molecule has 36 heavy (non-hydrogen) atoms. The van der Waals surface area contributed by atoms with E-state index in [1.54, 1.807) is 43.3 Å². The number of methoxy groups -OCH3 is 1. The van der Waals surface area contributed by atoms with Crippen LogP contribution in [0.4, 0.5) is 5.69 Å². The third-order valence-electron chi connectivity index (χ3n) is 5.37. The maximum Gasteiger partial charge on any atom is 0.320 e. The Morgan fingerprint density at radius 1 is 1.06 bits per heavy atom. The average Bonchev–Trinajstić information content (AvgIpc) is 2.90. The van der Waals surface area contributed by atoms with Gasteiger partial charge >= 0.3 is 5.97 Å². The van der Waals surface area contributed by atoms with Gasteiger partial charge in [-0.1, -0.05) is 30.0 Å². The number of carbonyl (C=O) groups is 2. The van der Waals surface area contributed by atoms with Crippen molar-refractivity contribution in [3.63, 3.8) is 0 Å². The highest BCUT2D eigenvalue weighted by molar-refractivity contribution is 7.99. The van der Waals surface area contributed by atoms with Crippen LogP contribution in [-0.4, -0.2) is 41.7 Å². The van der Waals surface area contributed by atoms with Gasteiger partial charge in [0.05, 0.1) is 19.2 Å². The number of aromatic nitrogens is 1. The Bertz CT molecular complexity index is 1360. The van der Waals surface area contributed by atoms with E-state index in [-0.39, 0.29) is 18.9 Å². The number of carboxylic acids is 1. The summed E-state index contributed by atoms with van der Waals surface area (Å²) in [6.07, 6.45) is 1.89. The first-order chi connectivity index (χ1) is 17.4. The number of ether oxygens (including phenoxy) is 2. The molecule has 1 aromatic heterocycles. The SMILES string of the molecule is COc1cc2c(Sc3ccc(NC(=O)c4ccccc4)cc3)ccnc2cc1OCC[C@H](N)C(=O)O. The van der Waals surface area contributed by atoms with Crippen LogP contribution in [-0.2, 0) is 4.79 Å². The quantitative estimate of drug-likeness (QED) is 0.281. The van der Waals surface area contributed by atoms with Crippen molar-refractivity contribution in [1.29, 1.82) is 0 Å². The normalized spacial score (nSPS) is 11.6. The molecule has 4 N–H and O–H groups in total. The van der Waals surface area contributed by atoms with E-state index in [2.05, 4.69) is 10.3 Å². The number of aliphatic carboxylic acids is 1. The third kappa shape index (κ3) is 6.12. The second kappa shape index (κ2) is 11.6. The van der Waals surface area contributed by atoms with E-state index in [1.807, 2.05) is 54.6 Å². The fourth-order valence-corrected chi connectivity index (χ4v) is 4.36. The molecular weight excluding hydrogens is 478 g/mol. The molecule has 0 aliphatic carbocycles. The topological polar surface area (TPSA) is 124 Å². The molecule has 3 aromatic carbocycles. The Hall–Kier alpha value is -4.08. The molecule has 0 radical (unpaired) electrons. The largest absolute Gasteiger partial charge is 0.493 e. The van der Waals surface area contributed by atoms with Crippen LogP contribution in [0.25, 0.3) is 10.9 Å². The minimum Gasteiger partial charge on any atom is -0.493 e. The van der Waals surface area contributed by atoms with Crippen LogP contribution in [0.3, 0.4) is 0 Å². The van der Waals surface area contributed by atoms with E-state index in [0.717, 1.165) is 15.2 Å². The van der Waals surface area contributed by atoms with Crippen molar-refractivity contribution in [1.82, 2.24) is 4.98 Å². The van der Waals surface area contributed by atoms with Crippen LogP contribution in [0.2, 0.25) is 0 Å². The number of hydrogen-bond donors (Lipinski definition) is 3. The van der Waals surface area contributed by atoms with Crippen molar-refractivity contribution in [2.45, 2.75) is 22.3 Å². The molecule has 0 saturated carbocycles. The molecule has 0 bridgehead atoms. The van der Waals surface area contributed by atoms with Gasteiger partial charge in [0.1, 0.15) is 6.04 Å². The Morgan fingerprint density at radius 3 is 2.50 bits per heavy atom. The lowest BCUT2D eigenvalue weighted by atomic mass is 10.2. The molecule has 0 fully saturated rings. The summed E-state index contributed by atoms with van der Waals surface area (Å²) in [5.74, 6) is -0.249. The maximum atomic E-state index is 12.4. The van der Waals surface area contributed by atoms with Crippen molar-refractivity contribution in [2.24, 2.45) is 5.73 Å². The number of amides is 1. The molecule has 1 amide bonds. The second-order valence-electron chi connectivity index (χ2n) is 7.86. The van der Waals surface area contributed by atoms with Gasteiger partial charge in [-0.05, 0) is 48.5 Å². The molecule has 0 aliphatic rings.